The van der Waals surface area contributed by atoms with Gasteiger partial charge >= 0.3 is 0 Å². The molecule has 0 aliphatic carbocycles. The van der Waals surface area contributed by atoms with Gasteiger partial charge in [0, 0.05) is 24.0 Å². The predicted molar refractivity (Wildman–Crippen MR) is 87.2 cm³/mol. The van der Waals surface area contributed by atoms with Crippen molar-refractivity contribution in [2.45, 2.75) is 18.9 Å². The number of aromatic nitrogens is 2. The maximum absolute atomic E-state index is 10.4. The lowest BCUT2D eigenvalue weighted by molar-refractivity contribution is 0.0960. The summed E-state index contributed by atoms with van der Waals surface area (Å²) >= 11 is 1.61. The molecular formula is C15H20N4O2S. The molecule has 1 fully saturated rings. The molecule has 6 nitrogen and oxygen atoms in total. The first kappa shape index (κ1) is 15.1. The van der Waals surface area contributed by atoms with E-state index in [0.717, 1.165) is 36.6 Å². The van der Waals surface area contributed by atoms with Gasteiger partial charge in [-0.15, -0.1) is 11.3 Å². The number of thiophene rings is 1. The largest absolute Gasteiger partial charge is 0.481 e. The number of methoxy groups -OCH3 is 1. The van der Waals surface area contributed by atoms with E-state index >= 15 is 0 Å². The van der Waals surface area contributed by atoms with Gasteiger partial charge in [-0.05, 0) is 30.2 Å². The number of aliphatic hydroxyl groups is 1. The molecule has 1 aliphatic rings. The molecule has 2 aromatic rings. The molecule has 1 aliphatic heterocycles. The van der Waals surface area contributed by atoms with Gasteiger partial charge in [-0.2, -0.15) is 9.97 Å². The molecule has 0 amide bonds. The summed E-state index contributed by atoms with van der Waals surface area (Å²) in [5, 5.41) is 12.4. The first-order valence-corrected chi connectivity index (χ1v) is 8.20. The molecule has 118 valence electrons. The van der Waals surface area contributed by atoms with Crippen LogP contribution in [-0.4, -0.2) is 35.3 Å². The molecule has 0 radical (unpaired) electrons. The van der Waals surface area contributed by atoms with Gasteiger partial charge in [0.05, 0.1) is 13.2 Å². The van der Waals surface area contributed by atoms with Gasteiger partial charge in [-0.3, -0.25) is 0 Å². The standard InChI is InChI=1S/C15H20N4O2S/c1-21-13-9-12(17-15(16)18-13)19-6-4-10(5-7-19)14(20)11-3-2-8-22-11/h2-3,8-10,14,20H,4-7H2,1H3,(H2,16,17,18). The first-order chi connectivity index (χ1) is 10.7. The molecule has 0 spiro atoms. The van der Waals surface area contributed by atoms with Crippen molar-refractivity contribution in [3.8, 4) is 5.88 Å². The Kier molecular flexibility index (Phi) is 4.44. The van der Waals surface area contributed by atoms with Crippen LogP contribution in [0.15, 0.2) is 23.6 Å². The molecule has 0 bridgehead atoms. The Morgan fingerprint density at radius 3 is 2.82 bits per heavy atom. The number of nitrogens with two attached hydrogens (primary N) is 1. The molecule has 0 saturated carbocycles. The maximum Gasteiger partial charge on any atom is 0.225 e. The molecule has 7 heteroatoms. The minimum Gasteiger partial charge on any atom is -0.481 e. The zero-order valence-electron chi connectivity index (χ0n) is 12.5. The number of hydrogen-bond acceptors (Lipinski definition) is 7. The normalized spacial score (nSPS) is 17.5. The summed E-state index contributed by atoms with van der Waals surface area (Å²) in [4.78, 5) is 11.5. The molecule has 3 heterocycles. The highest BCUT2D eigenvalue weighted by molar-refractivity contribution is 7.10. The number of nitrogen functional groups attached to an aromatic ring is 1. The average Bonchev–Trinajstić information content (AvgIpc) is 3.08. The lowest BCUT2D eigenvalue weighted by atomic mass is 9.90. The van der Waals surface area contributed by atoms with E-state index in [-0.39, 0.29) is 18.0 Å². The van der Waals surface area contributed by atoms with Crippen LogP contribution in [0.25, 0.3) is 0 Å². The summed E-state index contributed by atoms with van der Waals surface area (Å²) in [6, 6.07) is 5.78. The Labute approximate surface area is 133 Å². The van der Waals surface area contributed by atoms with Crippen molar-refractivity contribution in [1.82, 2.24) is 9.97 Å². The summed E-state index contributed by atoms with van der Waals surface area (Å²) in [5.41, 5.74) is 5.71. The van der Waals surface area contributed by atoms with E-state index in [1.165, 1.54) is 0 Å². The average molecular weight is 320 g/mol. The number of rotatable bonds is 4. The third-order valence-corrected chi connectivity index (χ3v) is 5.00. The smallest absolute Gasteiger partial charge is 0.225 e. The van der Waals surface area contributed by atoms with Gasteiger partial charge in [0.25, 0.3) is 0 Å². The molecule has 1 atom stereocenters. The maximum atomic E-state index is 10.4. The number of nitrogens with zero attached hydrogens (tertiary/aromatic N) is 3. The van der Waals surface area contributed by atoms with Gasteiger partial charge < -0.3 is 20.5 Å². The third kappa shape index (κ3) is 3.15. The zero-order valence-corrected chi connectivity index (χ0v) is 13.3. The van der Waals surface area contributed by atoms with Crippen LogP contribution in [0.2, 0.25) is 0 Å². The van der Waals surface area contributed by atoms with Crippen LogP contribution in [0.3, 0.4) is 0 Å². The van der Waals surface area contributed by atoms with Crippen LogP contribution in [0, 0.1) is 5.92 Å². The van der Waals surface area contributed by atoms with E-state index in [1.54, 1.807) is 24.5 Å². The summed E-state index contributed by atoms with van der Waals surface area (Å²) in [6.07, 6.45) is 1.48. The number of ether oxygens (including phenoxy) is 1. The predicted octanol–water partition coefficient (Wildman–Crippen LogP) is 2.08. The topological polar surface area (TPSA) is 84.5 Å². The molecule has 1 unspecified atom stereocenters. The fourth-order valence-corrected chi connectivity index (χ4v) is 3.64. The van der Waals surface area contributed by atoms with Crippen LogP contribution in [-0.2, 0) is 0 Å². The van der Waals surface area contributed by atoms with Gasteiger partial charge in [0.1, 0.15) is 5.82 Å². The molecule has 3 N–H and O–H groups in total. The number of hydrogen-bond donors (Lipinski definition) is 2. The first-order valence-electron chi connectivity index (χ1n) is 7.32. The summed E-state index contributed by atoms with van der Waals surface area (Å²) in [5.74, 6) is 1.77. The van der Waals surface area contributed by atoms with E-state index in [0.29, 0.717) is 5.88 Å². The third-order valence-electron chi connectivity index (χ3n) is 4.06. The fourth-order valence-electron chi connectivity index (χ4n) is 2.83. The minimum absolute atomic E-state index is 0.218. The molecular weight excluding hydrogens is 300 g/mol. The molecule has 3 rings (SSSR count). The van der Waals surface area contributed by atoms with Crippen molar-refractivity contribution in [3.63, 3.8) is 0 Å². The van der Waals surface area contributed by atoms with E-state index in [1.807, 2.05) is 17.5 Å². The number of anilines is 2. The van der Waals surface area contributed by atoms with Crippen LogP contribution >= 0.6 is 11.3 Å². The lowest BCUT2D eigenvalue weighted by Gasteiger charge is -2.34. The van der Waals surface area contributed by atoms with Crippen LogP contribution in [0.4, 0.5) is 11.8 Å². The Morgan fingerprint density at radius 1 is 1.41 bits per heavy atom. The fraction of sp³-hybridized carbons (Fsp3) is 0.467. The second-order valence-corrected chi connectivity index (χ2v) is 6.39. The van der Waals surface area contributed by atoms with Gasteiger partial charge in [0.2, 0.25) is 11.8 Å². The Hall–Kier alpha value is -1.86. The monoisotopic (exact) mass is 320 g/mol. The zero-order chi connectivity index (χ0) is 15.5. The van der Waals surface area contributed by atoms with Crippen molar-refractivity contribution >= 4 is 23.1 Å². The van der Waals surface area contributed by atoms with Crippen molar-refractivity contribution in [2.75, 3.05) is 30.8 Å². The minimum atomic E-state index is -0.368. The van der Waals surface area contributed by atoms with E-state index in [9.17, 15) is 5.11 Å². The van der Waals surface area contributed by atoms with Crippen molar-refractivity contribution in [3.05, 3.63) is 28.5 Å². The summed E-state index contributed by atoms with van der Waals surface area (Å²) in [7, 11) is 1.56. The Bertz CT molecular complexity index is 612. The molecule has 2 aromatic heterocycles. The highest BCUT2D eigenvalue weighted by Crippen LogP contribution is 2.34. The molecule has 22 heavy (non-hydrogen) atoms. The SMILES string of the molecule is COc1cc(N2CCC(C(O)c3cccs3)CC2)nc(N)n1. The van der Waals surface area contributed by atoms with Gasteiger partial charge in [-0.1, -0.05) is 6.07 Å². The lowest BCUT2D eigenvalue weighted by Crippen LogP contribution is -2.36. The summed E-state index contributed by atoms with van der Waals surface area (Å²) in [6.45, 7) is 1.68. The molecule has 1 saturated heterocycles. The second-order valence-electron chi connectivity index (χ2n) is 5.41. The van der Waals surface area contributed by atoms with Gasteiger partial charge in [-0.25, -0.2) is 0 Å². The number of piperidine rings is 1. The van der Waals surface area contributed by atoms with Crippen molar-refractivity contribution in [2.24, 2.45) is 5.92 Å². The van der Waals surface area contributed by atoms with Crippen LogP contribution < -0.4 is 15.4 Å². The highest BCUT2D eigenvalue weighted by Gasteiger charge is 2.27. The Balaban J connectivity index is 1.65. The second kappa shape index (κ2) is 6.50. The van der Waals surface area contributed by atoms with E-state index in [4.69, 9.17) is 10.5 Å². The summed E-state index contributed by atoms with van der Waals surface area (Å²) < 4.78 is 5.14. The van der Waals surface area contributed by atoms with Gasteiger partial charge in [0.15, 0.2) is 0 Å². The van der Waals surface area contributed by atoms with E-state index in [2.05, 4.69) is 14.9 Å². The molecule has 0 aromatic carbocycles. The quantitative estimate of drug-likeness (QED) is 0.897. The van der Waals surface area contributed by atoms with E-state index < -0.39 is 0 Å². The van der Waals surface area contributed by atoms with Crippen LogP contribution in [0.5, 0.6) is 5.88 Å². The van der Waals surface area contributed by atoms with Crippen molar-refractivity contribution < 1.29 is 9.84 Å². The number of aliphatic hydroxyl groups excluding tert-OH is 1. The highest BCUT2D eigenvalue weighted by atomic mass is 32.1. The Morgan fingerprint density at radius 2 is 2.18 bits per heavy atom. The van der Waals surface area contributed by atoms with Crippen LogP contribution in [0.1, 0.15) is 23.8 Å². The van der Waals surface area contributed by atoms with Crippen molar-refractivity contribution in [1.29, 1.82) is 0 Å².